The smallest absolute Gasteiger partial charge is 0.184 e. The zero-order valence-electron chi connectivity index (χ0n) is 9.95. The van der Waals surface area contributed by atoms with Gasteiger partial charge in [0.2, 0.25) is 0 Å². The fraction of sp³-hybridized carbons (Fsp3) is 0.0769. The standard InChI is InChI=1S/C13H9Cl2N3S/c1-7-2-4-10-12(16-7)18(13(19)17-10)11-5-3-8(14)6-9(11)15/h2-6H,1H3,(H,17,19). The van der Waals surface area contributed by atoms with Crippen LogP contribution < -0.4 is 0 Å². The molecule has 3 rings (SSSR count). The lowest BCUT2D eigenvalue weighted by Crippen LogP contribution is -1.97. The van der Waals surface area contributed by atoms with E-state index in [0.717, 1.165) is 22.5 Å². The fourth-order valence-electron chi connectivity index (χ4n) is 1.96. The van der Waals surface area contributed by atoms with E-state index in [2.05, 4.69) is 9.97 Å². The topological polar surface area (TPSA) is 33.6 Å². The number of fused-ring (bicyclic) bond motifs is 1. The molecule has 0 spiro atoms. The van der Waals surface area contributed by atoms with Gasteiger partial charge in [0.15, 0.2) is 10.4 Å². The number of aromatic nitrogens is 3. The van der Waals surface area contributed by atoms with Crippen LogP contribution >= 0.6 is 35.4 Å². The first-order chi connectivity index (χ1) is 9.06. The summed E-state index contributed by atoms with van der Waals surface area (Å²) >= 11 is 17.5. The van der Waals surface area contributed by atoms with Crippen LogP contribution in [0.5, 0.6) is 0 Å². The van der Waals surface area contributed by atoms with E-state index in [1.54, 1.807) is 12.1 Å². The Morgan fingerprint density at radius 1 is 1.21 bits per heavy atom. The second-order valence-electron chi connectivity index (χ2n) is 4.19. The van der Waals surface area contributed by atoms with Crippen LogP contribution in [-0.4, -0.2) is 14.5 Å². The van der Waals surface area contributed by atoms with Gasteiger partial charge < -0.3 is 4.98 Å². The van der Waals surface area contributed by atoms with Crippen molar-refractivity contribution in [3.8, 4) is 5.69 Å². The Morgan fingerprint density at radius 2 is 2.00 bits per heavy atom. The Bertz CT molecular complexity index is 836. The van der Waals surface area contributed by atoms with Gasteiger partial charge >= 0.3 is 0 Å². The molecule has 1 aromatic carbocycles. The van der Waals surface area contributed by atoms with Crippen molar-refractivity contribution in [1.82, 2.24) is 14.5 Å². The summed E-state index contributed by atoms with van der Waals surface area (Å²) in [4.78, 5) is 7.63. The average molecular weight is 310 g/mol. The van der Waals surface area contributed by atoms with Crippen LogP contribution in [-0.2, 0) is 0 Å². The molecular formula is C13H9Cl2N3S. The molecule has 3 aromatic rings. The van der Waals surface area contributed by atoms with Crippen molar-refractivity contribution in [3.63, 3.8) is 0 Å². The number of aromatic amines is 1. The van der Waals surface area contributed by atoms with Crippen molar-refractivity contribution >= 4 is 46.6 Å². The first-order valence-electron chi connectivity index (χ1n) is 5.60. The molecule has 0 radical (unpaired) electrons. The summed E-state index contributed by atoms with van der Waals surface area (Å²) in [5, 5.41) is 1.12. The molecule has 0 unspecified atom stereocenters. The molecule has 0 aliphatic heterocycles. The first kappa shape index (κ1) is 12.7. The van der Waals surface area contributed by atoms with Crippen molar-refractivity contribution in [2.45, 2.75) is 6.92 Å². The average Bonchev–Trinajstić information content (AvgIpc) is 2.65. The van der Waals surface area contributed by atoms with E-state index in [9.17, 15) is 0 Å². The van der Waals surface area contributed by atoms with E-state index in [1.165, 1.54) is 0 Å². The molecule has 2 aromatic heterocycles. The summed E-state index contributed by atoms with van der Waals surface area (Å²) in [5.74, 6) is 0. The third-order valence-electron chi connectivity index (χ3n) is 2.82. The van der Waals surface area contributed by atoms with Crippen molar-refractivity contribution in [2.75, 3.05) is 0 Å². The van der Waals surface area contributed by atoms with E-state index >= 15 is 0 Å². The number of nitrogens with one attached hydrogen (secondary N) is 1. The first-order valence-corrected chi connectivity index (χ1v) is 6.76. The Balaban J connectivity index is 2.38. The maximum absolute atomic E-state index is 6.24. The number of hydrogen-bond acceptors (Lipinski definition) is 2. The number of nitrogens with zero attached hydrogens (tertiary/aromatic N) is 2. The highest BCUT2D eigenvalue weighted by molar-refractivity contribution is 7.71. The zero-order valence-corrected chi connectivity index (χ0v) is 12.3. The monoisotopic (exact) mass is 309 g/mol. The molecule has 0 aliphatic rings. The molecule has 0 fully saturated rings. The summed E-state index contributed by atoms with van der Waals surface area (Å²) < 4.78 is 2.37. The van der Waals surface area contributed by atoms with E-state index in [-0.39, 0.29) is 0 Å². The van der Waals surface area contributed by atoms with Gasteiger partial charge in [0.1, 0.15) is 0 Å². The predicted octanol–water partition coefficient (Wildman–Crippen LogP) is 4.70. The molecular weight excluding hydrogens is 301 g/mol. The highest BCUT2D eigenvalue weighted by Crippen LogP contribution is 2.27. The molecule has 0 aliphatic carbocycles. The van der Waals surface area contributed by atoms with Crippen LogP contribution in [0.25, 0.3) is 16.9 Å². The predicted molar refractivity (Wildman–Crippen MR) is 81.0 cm³/mol. The molecule has 3 nitrogen and oxygen atoms in total. The zero-order chi connectivity index (χ0) is 13.6. The van der Waals surface area contributed by atoms with Gasteiger partial charge in [-0.05, 0) is 49.5 Å². The van der Waals surface area contributed by atoms with E-state index in [4.69, 9.17) is 35.4 Å². The molecule has 0 atom stereocenters. The summed E-state index contributed by atoms with van der Waals surface area (Å²) in [5.41, 5.74) is 3.32. The summed E-state index contributed by atoms with van der Waals surface area (Å²) in [7, 11) is 0. The number of H-pyrrole nitrogens is 1. The minimum absolute atomic E-state index is 0.535. The molecule has 0 saturated heterocycles. The molecule has 0 saturated carbocycles. The molecule has 0 bridgehead atoms. The fourth-order valence-corrected chi connectivity index (χ4v) is 2.75. The summed E-state index contributed by atoms with van der Waals surface area (Å²) in [6.45, 7) is 1.93. The third-order valence-corrected chi connectivity index (χ3v) is 3.64. The maximum atomic E-state index is 6.24. The van der Waals surface area contributed by atoms with Crippen molar-refractivity contribution in [2.24, 2.45) is 0 Å². The lowest BCUT2D eigenvalue weighted by molar-refractivity contribution is 1.04. The van der Waals surface area contributed by atoms with Crippen LogP contribution in [0.15, 0.2) is 30.3 Å². The summed E-state index contributed by atoms with van der Waals surface area (Å²) in [6.07, 6.45) is 0. The minimum Gasteiger partial charge on any atom is -0.329 e. The Morgan fingerprint density at radius 3 is 2.74 bits per heavy atom. The molecule has 1 N–H and O–H groups in total. The molecule has 19 heavy (non-hydrogen) atoms. The molecule has 6 heteroatoms. The third kappa shape index (κ3) is 2.16. The summed E-state index contributed by atoms with van der Waals surface area (Å²) in [6, 6.07) is 9.18. The van der Waals surface area contributed by atoms with Crippen LogP contribution in [0, 0.1) is 11.7 Å². The SMILES string of the molecule is Cc1ccc2[nH]c(=S)n(-c3ccc(Cl)cc3Cl)c2n1. The molecule has 96 valence electrons. The Kier molecular flexibility index (Phi) is 3.09. The number of aryl methyl sites for hydroxylation is 1. The van der Waals surface area contributed by atoms with Gasteiger partial charge in [-0.15, -0.1) is 0 Å². The number of halogens is 2. The lowest BCUT2D eigenvalue weighted by atomic mass is 10.3. The van der Waals surface area contributed by atoms with E-state index < -0.39 is 0 Å². The van der Waals surface area contributed by atoms with Crippen LogP contribution in [0.4, 0.5) is 0 Å². The molecule has 0 amide bonds. The second-order valence-corrected chi connectivity index (χ2v) is 5.42. The van der Waals surface area contributed by atoms with Gasteiger partial charge in [-0.25, -0.2) is 4.98 Å². The van der Waals surface area contributed by atoms with Crippen LogP contribution in [0.3, 0.4) is 0 Å². The number of rotatable bonds is 1. The minimum atomic E-state index is 0.535. The number of benzene rings is 1. The Labute approximate surface area is 124 Å². The van der Waals surface area contributed by atoms with Gasteiger partial charge in [0.25, 0.3) is 0 Å². The van der Waals surface area contributed by atoms with Crippen LogP contribution in [0.2, 0.25) is 10.0 Å². The quantitative estimate of drug-likeness (QED) is 0.661. The number of imidazole rings is 1. The van der Waals surface area contributed by atoms with Crippen LogP contribution in [0.1, 0.15) is 5.69 Å². The number of pyridine rings is 1. The molecule has 2 heterocycles. The maximum Gasteiger partial charge on any atom is 0.184 e. The number of hydrogen-bond donors (Lipinski definition) is 1. The lowest BCUT2D eigenvalue weighted by Gasteiger charge is -2.07. The van der Waals surface area contributed by atoms with Crippen molar-refractivity contribution in [3.05, 3.63) is 50.8 Å². The van der Waals surface area contributed by atoms with Gasteiger partial charge in [-0.2, -0.15) is 0 Å². The van der Waals surface area contributed by atoms with Gasteiger partial charge in [-0.1, -0.05) is 23.2 Å². The van der Waals surface area contributed by atoms with Crippen molar-refractivity contribution in [1.29, 1.82) is 0 Å². The van der Waals surface area contributed by atoms with Gasteiger partial charge in [0, 0.05) is 10.7 Å². The van der Waals surface area contributed by atoms with E-state index in [1.807, 2.05) is 29.7 Å². The second kappa shape index (κ2) is 4.63. The van der Waals surface area contributed by atoms with E-state index in [0.29, 0.717) is 14.8 Å². The largest absolute Gasteiger partial charge is 0.329 e. The normalized spacial score (nSPS) is 11.1. The Hall–Kier alpha value is -1.36. The highest BCUT2D eigenvalue weighted by atomic mass is 35.5. The van der Waals surface area contributed by atoms with Gasteiger partial charge in [-0.3, -0.25) is 4.57 Å². The van der Waals surface area contributed by atoms with Crippen molar-refractivity contribution < 1.29 is 0 Å². The highest BCUT2D eigenvalue weighted by Gasteiger charge is 2.11. The van der Waals surface area contributed by atoms with Gasteiger partial charge in [0.05, 0.1) is 16.2 Å².